The van der Waals surface area contributed by atoms with Gasteiger partial charge in [-0.1, -0.05) is 0 Å². The maximum absolute atomic E-state index is 9.79. The first-order chi connectivity index (χ1) is 4.18. The SMILES string of the molecule is O=C([O-])[O][Al]1[O]C(=O)[O]1.[Na+]. The van der Waals surface area contributed by atoms with Gasteiger partial charge in [-0.15, -0.1) is 0 Å². The Morgan fingerprint density at radius 2 is 2.10 bits per heavy atom. The summed E-state index contributed by atoms with van der Waals surface area (Å²) in [6.07, 6.45) is -2.63. The van der Waals surface area contributed by atoms with E-state index in [0.29, 0.717) is 0 Å². The molecule has 0 N–H and O–H groups in total. The number of hydrogen-bond donors (Lipinski definition) is 0. The van der Waals surface area contributed by atoms with Crippen LogP contribution in [0, 0.1) is 0 Å². The fourth-order valence-electron chi connectivity index (χ4n) is 0.293. The normalized spacial score (nSPS) is 13.6. The monoisotopic (exact) mass is 170 g/mol. The minimum Gasteiger partial charge on any atom is -0.592 e. The molecule has 0 radical (unpaired) electrons. The second-order valence-electron chi connectivity index (χ2n) is 1.14. The predicted molar refractivity (Wildman–Crippen MR) is 19.8 cm³/mol. The van der Waals surface area contributed by atoms with Crippen molar-refractivity contribution < 1.29 is 55.6 Å². The van der Waals surface area contributed by atoms with Gasteiger partial charge in [0.05, 0.1) is 0 Å². The topological polar surface area (TPSA) is 84.9 Å². The van der Waals surface area contributed by atoms with Crippen molar-refractivity contribution in [2.24, 2.45) is 0 Å². The van der Waals surface area contributed by atoms with Crippen molar-refractivity contribution >= 4 is 27.5 Å². The van der Waals surface area contributed by atoms with Crippen LogP contribution in [0.25, 0.3) is 0 Å². The summed E-state index contributed by atoms with van der Waals surface area (Å²) >= 11 is -2.63. The Bertz CT molecular complexity index is 150. The zero-order valence-corrected chi connectivity index (χ0v) is 8.18. The molecule has 0 bridgehead atoms. The average molecular weight is 170 g/mol. The van der Waals surface area contributed by atoms with Crippen molar-refractivity contribution in [2.45, 2.75) is 0 Å². The zero-order valence-electron chi connectivity index (χ0n) is 5.03. The van der Waals surface area contributed by atoms with E-state index >= 15 is 0 Å². The number of rotatable bonds is 1. The first-order valence-corrected chi connectivity index (χ1v) is 3.35. The quantitative estimate of drug-likeness (QED) is 0.368. The van der Waals surface area contributed by atoms with E-state index in [2.05, 4.69) is 11.4 Å². The Morgan fingerprint density at radius 1 is 1.60 bits per heavy atom. The second kappa shape index (κ2) is 4.06. The minimum absolute atomic E-state index is 0. The Kier molecular flexibility index (Phi) is 4.09. The van der Waals surface area contributed by atoms with Crippen molar-refractivity contribution in [1.29, 1.82) is 0 Å². The largest absolute Gasteiger partial charge is 1.06 e. The summed E-state index contributed by atoms with van der Waals surface area (Å²) < 4.78 is 12.0. The summed E-state index contributed by atoms with van der Waals surface area (Å²) in [5, 5.41) is 9.54. The van der Waals surface area contributed by atoms with Crippen LogP contribution in [-0.2, 0) is 11.4 Å². The Labute approximate surface area is 82.7 Å². The summed E-state index contributed by atoms with van der Waals surface area (Å²) in [6.45, 7) is 0. The minimum atomic E-state index is -2.63. The van der Waals surface area contributed by atoms with E-state index in [0.717, 1.165) is 0 Å². The molecule has 0 aliphatic carbocycles. The van der Waals surface area contributed by atoms with Crippen LogP contribution in [0.15, 0.2) is 0 Å². The Hall–Kier alpha value is 0.0725. The van der Waals surface area contributed by atoms with E-state index in [4.69, 9.17) is 0 Å². The Balaban J connectivity index is 0.000000810. The molecule has 0 atom stereocenters. The predicted octanol–water partition coefficient (Wildman–Crippen LogP) is -4.50. The summed E-state index contributed by atoms with van der Waals surface area (Å²) in [5.41, 5.74) is 0. The molecule has 0 unspecified atom stereocenters. The third-order valence-electron chi connectivity index (χ3n) is 0.577. The molecule has 1 saturated heterocycles. The Morgan fingerprint density at radius 3 is 2.40 bits per heavy atom. The molecule has 0 aromatic carbocycles. The average Bonchev–Trinajstić information content (AvgIpc) is 1.60. The van der Waals surface area contributed by atoms with Crippen LogP contribution in [0.1, 0.15) is 0 Å². The first-order valence-electron chi connectivity index (χ1n) is 1.93. The standard InChI is InChI=1S/2CH2O3.Al.Na/c2*2-1(3)4;;/h2*(H2,2,3,4);;/q;;+3;+1/p-4. The molecule has 1 aliphatic heterocycles. The molecule has 0 aromatic rings. The van der Waals surface area contributed by atoms with Gasteiger partial charge in [0, 0.05) is 0 Å². The van der Waals surface area contributed by atoms with E-state index in [-0.39, 0.29) is 29.6 Å². The molecule has 1 heterocycles. The molecule has 0 spiro atoms. The number of hydrogen-bond acceptors (Lipinski definition) is 6. The molecule has 0 amide bonds. The summed E-state index contributed by atoms with van der Waals surface area (Å²) in [6, 6.07) is 0. The van der Waals surface area contributed by atoms with Gasteiger partial charge in [0.25, 0.3) is 0 Å². The maximum Gasteiger partial charge on any atom is 1.06 e. The molecular formula is C2AlNaO6. The summed E-state index contributed by atoms with van der Waals surface area (Å²) in [5.74, 6) is 0. The number of carbonyl (C=O) groups excluding carboxylic acids is 2. The second-order valence-corrected chi connectivity index (χ2v) is 2.43. The van der Waals surface area contributed by atoms with Crippen molar-refractivity contribution in [3.8, 4) is 0 Å². The van der Waals surface area contributed by atoms with E-state index < -0.39 is 27.5 Å². The van der Waals surface area contributed by atoms with Crippen LogP contribution in [0.4, 0.5) is 9.59 Å². The van der Waals surface area contributed by atoms with E-state index in [9.17, 15) is 14.7 Å². The number of carboxylic acid groups (broad SMARTS) is 1. The first kappa shape index (κ1) is 10.1. The van der Waals surface area contributed by atoms with Crippen LogP contribution in [0.2, 0.25) is 0 Å². The van der Waals surface area contributed by atoms with Gasteiger partial charge in [0.2, 0.25) is 6.16 Å². The van der Waals surface area contributed by atoms with Gasteiger partial charge < -0.3 is 21.3 Å². The van der Waals surface area contributed by atoms with E-state index in [1.54, 1.807) is 0 Å². The van der Waals surface area contributed by atoms with Gasteiger partial charge in [-0.05, 0) is 0 Å². The number of carbonyl (C=O) groups is 2. The third-order valence-corrected chi connectivity index (χ3v) is 1.73. The zero-order chi connectivity index (χ0) is 6.85. The van der Waals surface area contributed by atoms with Crippen LogP contribution in [0.5, 0.6) is 0 Å². The summed E-state index contributed by atoms with van der Waals surface area (Å²) in [4.78, 5) is 19.3. The summed E-state index contributed by atoms with van der Waals surface area (Å²) in [7, 11) is 0. The van der Waals surface area contributed by atoms with Gasteiger partial charge in [-0.25, -0.2) is 4.79 Å². The fraction of sp³-hybridized carbons (Fsp3) is 0. The molecule has 48 valence electrons. The molecule has 0 saturated carbocycles. The van der Waals surface area contributed by atoms with Crippen LogP contribution in [0.3, 0.4) is 0 Å². The smallest absolute Gasteiger partial charge is 0.592 e. The van der Waals surface area contributed by atoms with Crippen molar-refractivity contribution in [2.75, 3.05) is 0 Å². The molecule has 1 rings (SSSR count). The van der Waals surface area contributed by atoms with Crippen LogP contribution < -0.4 is 34.7 Å². The molecular weight excluding hydrogens is 170 g/mol. The van der Waals surface area contributed by atoms with Gasteiger partial charge in [0.15, 0.2) is 0 Å². The molecule has 6 nitrogen and oxygen atoms in total. The van der Waals surface area contributed by atoms with Crippen LogP contribution >= 0.6 is 0 Å². The van der Waals surface area contributed by atoms with Crippen LogP contribution in [-0.4, -0.2) is 27.5 Å². The molecule has 1 fully saturated rings. The van der Waals surface area contributed by atoms with Crippen molar-refractivity contribution in [3.05, 3.63) is 0 Å². The maximum atomic E-state index is 9.79. The van der Waals surface area contributed by atoms with Crippen molar-refractivity contribution in [1.82, 2.24) is 0 Å². The molecule has 10 heavy (non-hydrogen) atoms. The van der Waals surface area contributed by atoms with Gasteiger partial charge in [-0.2, -0.15) is 0 Å². The van der Waals surface area contributed by atoms with Gasteiger partial charge in [0.1, 0.15) is 0 Å². The van der Waals surface area contributed by atoms with Gasteiger partial charge >= 0.3 is 50.9 Å². The fourth-order valence-corrected chi connectivity index (χ4v) is 0.878. The van der Waals surface area contributed by atoms with Crippen molar-refractivity contribution in [3.63, 3.8) is 0 Å². The molecule has 0 aromatic heterocycles. The van der Waals surface area contributed by atoms with E-state index in [1.165, 1.54) is 0 Å². The van der Waals surface area contributed by atoms with E-state index in [1.807, 2.05) is 0 Å². The molecule has 8 heteroatoms. The third kappa shape index (κ3) is 2.77. The van der Waals surface area contributed by atoms with Gasteiger partial charge in [-0.3, -0.25) is 0 Å². The molecule has 1 aliphatic rings.